The minimum atomic E-state index is -0.778. The smallest absolute Gasteiger partial charge is 0.303 e. The monoisotopic (exact) mass is 347 g/mol. The van der Waals surface area contributed by atoms with Crippen LogP contribution in [0.3, 0.4) is 0 Å². The lowest BCUT2D eigenvalue weighted by Gasteiger charge is -2.41. The first-order chi connectivity index (χ1) is 11.8. The molecule has 1 aromatic rings. The number of benzene rings is 1. The number of rotatable bonds is 6. The van der Waals surface area contributed by atoms with Crippen LogP contribution in [0.5, 0.6) is 0 Å². The Balaban J connectivity index is 2.12. The fraction of sp³-hybridized carbons (Fsp3) is 0.579. The third-order valence-corrected chi connectivity index (χ3v) is 4.98. The number of carbonyl (C=O) groups is 2. The van der Waals surface area contributed by atoms with E-state index >= 15 is 0 Å². The number of piperidine rings is 1. The summed E-state index contributed by atoms with van der Waals surface area (Å²) in [4.78, 5) is 29.9. The first-order valence-corrected chi connectivity index (χ1v) is 8.74. The third kappa shape index (κ3) is 4.95. The lowest BCUT2D eigenvalue weighted by molar-refractivity contribution is -0.137. The minimum Gasteiger partial charge on any atom is -0.481 e. The lowest BCUT2D eigenvalue weighted by Crippen LogP contribution is -2.50. The first-order valence-electron chi connectivity index (χ1n) is 8.74. The van der Waals surface area contributed by atoms with Crippen molar-refractivity contribution in [2.45, 2.75) is 25.3 Å². The standard InChI is InChI=1S/C19H29N3O3/c1-20(2)16-7-5-6-14(12-16)19(25)22-11-10-17(21(3)4)15(13-22)8-9-18(23)24/h5-7,12,15,17H,8-11,13H2,1-4H3,(H,23,24). The van der Waals surface area contributed by atoms with E-state index in [-0.39, 0.29) is 18.2 Å². The van der Waals surface area contributed by atoms with E-state index in [9.17, 15) is 9.59 Å². The van der Waals surface area contributed by atoms with E-state index in [0.29, 0.717) is 31.1 Å². The zero-order valence-corrected chi connectivity index (χ0v) is 15.6. The van der Waals surface area contributed by atoms with E-state index in [4.69, 9.17) is 5.11 Å². The number of carbonyl (C=O) groups excluding carboxylic acids is 1. The third-order valence-electron chi connectivity index (χ3n) is 4.98. The molecule has 0 radical (unpaired) electrons. The zero-order chi connectivity index (χ0) is 18.6. The molecule has 1 aromatic carbocycles. The summed E-state index contributed by atoms with van der Waals surface area (Å²) in [6, 6.07) is 7.95. The van der Waals surface area contributed by atoms with Gasteiger partial charge in [0.2, 0.25) is 0 Å². The van der Waals surface area contributed by atoms with Crippen LogP contribution in [-0.4, -0.2) is 74.1 Å². The Bertz CT molecular complexity index is 616. The highest BCUT2D eigenvalue weighted by Gasteiger charge is 2.33. The number of hydrogen-bond acceptors (Lipinski definition) is 4. The molecule has 1 saturated heterocycles. The molecule has 1 aliphatic heterocycles. The Hall–Kier alpha value is -2.08. The Morgan fingerprint density at radius 2 is 1.96 bits per heavy atom. The van der Waals surface area contributed by atoms with Gasteiger partial charge in [-0.05, 0) is 51.1 Å². The Labute approximate surface area is 150 Å². The van der Waals surface area contributed by atoms with Gasteiger partial charge in [0.15, 0.2) is 0 Å². The molecule has 1 aliphatic rings. The molecule has 6 heteroatoms. The number of likely N-dealkylation sites (tertiary alicyclic amines) is 1. The van der Waals surface area contributed by atoms with Crippen molar-refractivity contribution in [1.82, 2.24) is 9.80 Å². The first kappa shape index (κ1) is 19.2. The van der Waals surface area contributed by atoms with Crippen LogP contribution in [0.15, 0.2) is 24.3 Å². The van der Waals surface area contributed by atoms with E-state index in [2.05, 4.69) is 4.90 Å². The Morgan fingerprint density at radius 1 is 1.24 bits per heavy atom. The molecular weight excluding hydrogens is 318 g/mol. The normalized spacial score (nSPS) is 20.6. The summed E-state index contributed by atoms with van der Waals surface area (Å²) >= 11 is 0. The van der Waals surface area contributed by atoms with Gasteiger partial charge in [0.25, 0.3) is 5.91 Å². The van der Waals surface area contributed by atoms with Gasteiger partial charge in [-0.3, -0.25) is 9.59 Å². The molecule has 1 fully saturated rings. The highest BCUT2D eigenvalue weighted by Crippen LogP contribution is 2.26. The summed E-state index contributed by atoms with van der Waals surface area (Å²) in [6.07, 6.45) is 1.61. The molecule has 1 N–H and O–H groups in total. The Kier molecular flexibility index (Phi) is 6.42. The van der Waals surface area contributed by atoms with Gasteiger partial charge in [-0.2, -0.15) is 0 Å². The number of carboxylic acid groups (broad SMARTS) is 1. The molecule has 2 rings (SSSR count). The molecule has 6 nitrogen and oxygen atoms in total. The van der Waals surface area contributed by atoms with Gasteiger partial charge in [-0.25, -0.2) is 0 Å². The highest BCUT2D eigenvalue weighted by molar-refractivity contribution is 5.95. The number of carboxylic acids is 1. The average molecular weight is 347 g/mol. The number of amides is 1. The van der Waals surface area contributed by atoms with Gasteiger partial charge in [0.05, 0.1) is 0 Å². The van der Waals surface area contributed by atoms with Crippen LogP contribution in [0.4, 0.5) is 5.69 Å². The SMILES string of the molecule is CN(C)c1cccc(C(=O)N2CCC(N(C)C)C(CCC(=O)O)C2)c1. The van der Waals surface area contributed by atoms with Crippen LogP contribution in [-0.2, 0) is 4.79 Å². The second kappa shape index (κ2) is 8.34. The van der Waals surface area contributed by atoms with E-state index in [1.807, 2.05) is 62.3 Å². The van der Waals surface area contributed by atoms with Gasteiger partial charge < -0.3 is 19.8 Å². The van der Waals surface area contributed by atoms with Crippen molar-refractivity contribution in [3.05, 3.63) is 29.8 Å². The number of hydrogen-bond donors (Lipinski definition) is 1. The second-order valence-electron chi connectivity index (χ2n) is 7.21. The van der Waals surface area contributed by atoms with Crippen molar-refractivity contribution >= 4 is 17.6 Å². The maximum atomic E-state index is 12.9. The van der Waals surface area contributed by atoms with E-state index < -0.39 is 5.97 Å². The fourth-order valence-corrected chi connectivity index (χ4v) is 3.58. The van der Waals surface area contributed by atoms with Crippen molar-refractivity contribution in [2.75, 3.05) is 46.2 Å². The molecule has 2 atom stereocenters. The maximum Gasteiger partial charge on any atom is 0.303 e. The minimum absolute atomic E-state index is 0.0289. The molecule has 1 heterocycles. The molecule has 0 aliphatic carbocycles. The molecule has 0 bridgehead atoms. The van der Waals surface area contributed by atoms with Gasteiger partial charge in [-0.15, -0.1) is 0 Å². The van der Waals surface area contributed by atoms with E-state index in [1.165, 1.54) is 0 Å². The molecule has 1 amide bonds. The van der Waals surface area contributed by atoms with E-state index in [0.717, 1.165) is 12.1 Å². The summed E-state index contributed by atoms with van der Waals surface area (Å²) in [7, 11) is 7.95. The quantitative estimate of drug-likeness (QED) is 0.853. The lowest BCUT2D eigenvalue weighted by atomic mass is 9.87. The van der Waals surface area contributed by atoms with Crippen molar-refractivity contribution in [3.8, 4) is 0 Å². The molecule has 138 valence electrons. The fourth-order valence-electron chi connectivity index (χ4n) is 3.58. The molecule has 25 heavy (non-hydrogen) atoms. The molecule has 2 unspecified atom stereocenters. The topological polar surface area (TPSA) is 64.1 Å². The molecule has 0 saturated carbocycles. The zero-order valence-electron chi connectivity index (χ0n) is 15.6. The largest absolute Gasteiger partial charge is 0.481 e. The number of aliphatic carboxylic acids is 1. The highest BCUT2D eigenvalue weighted by atomic mass is 16.4. The van der Waals surface area contributed by atoms with Crippen LogP contribution < -0.4 is 4.90 Å². The van der Waals surface area contributed by atoms with Crippen LogP contribution in [0.25, 0.3) is 0 Å². The molecule has 0 aromatic heterocycles. The van der Waals surface area contributed by atoms with Crippen LogP contribution >= 0.6 is 0 Å². The van der Waals surface area contributed by atoms with Crippen molar-refractivity contribution in [1.29, 1.82) is 0 Å². The summed E-state index contributed by atoms with van der Waals surface area (Å²) in [5.74, 6) is -0.568. The molecular formula is C19H29N3O3. The average Bonchev–Trinajstić information content (AvgIpc) is 2.58. The van der Waals surface area contributed by atoms with Gasteiger partial charge >= 0.3 is 5.97 Å². The van der Waals surface area contributed by atoms with Crippen LogP contribution in [0.2, 0.25) is 0 Å². The van der Waals surface area contributed by atoms with Crippen molar-refractivity contribution in [2.24, 2.45) is 5.92 Å². The summed E-state index contributed by atoms with van der Waals surface area (Å²) in [5, 5.41) is 9.01. The summed E-state index contributed by atoms with van der Waals surface area (Å²) in [5.41, 5.74) is 1.68. The number of nitrogens with zero attached hydrogens (tertiary/aromatic N) is 3. The molecule has 0 spiro atoms. The summed E-state index contributed by atoms with van der Waals surface area (Å²) < 4.78 is 0. The number of anilines is 1. The predicted octanol–water partition coefficient (Wildman–Crippen LogP) is 2.01. The predicted molar refractivity (Wildman–Crippen MR) is 99.1 cm³/mol. The Morgan fingerprint density at radius 3 is 2.56 bits per heavy atom. The van der Waals surface area contributed by atoms with Gasteiger partial charge in [0, 0.05) is 50.9 Å². The summed E-state index contributed by atoms with van der Waals surface area (Å²) in [6.45, 7) is 1.32. The van der Waals surface area contributed by atoms with Gasteiger partial charge in [0.1, 0.15) is 0 Å². The van der Waals surface area contributed by atoms with Crippen LogP contribution in [0.1, 0.15) is 29.6 Å². The maximum absolute atomic E-state index is 12.9. The van der Waals surface area contributed by atoms with Crippen molar-refractivity contribution in [3.63, 3.8) is 0 Å². The van der Waals surface area contributed by atoms with Crippen molar-refractivity contribution < 1.29 is 14.7 Å². The second-order valence-corrected chi connectivity index (χ2v) is 7.21. The van der Waals surface area contributed by atoms with Gasteiger partial charge in [-0.1, -0.05) is 6.07 Å². The van der Waals surface area contributed by atoms with E-state index in [1.54, 1.807) is 0 Å². The van der Waals surface area contributed by atoms with Crippen LogP contribution in [0, 0.1) is 5.92 Å².